The van der Waals surface area contributed by atoms with Crippen molar-refractivity contribution in [2.24, 2.45) is 0 Å². The second-order valence-corrected chi connectivity index (χ2v) is 8.76. The van der Waals surface area contributed by atoms with Gasteiger partial charge in [-0.15, -0.1) is 9.24 Å². The molecule has 0 radical (unpaired) electrons. The van der Waals surface area contributed by atoms with Crippen LogP contribution >= 0.6 is 9.24 Å². The van der Waals surface area contributed by atoms with E-state index in [0.29, 0.717) is 5.56 Å². The molecule has 0 fully saturated rings. The van der Waals surface area contributed by atoms with Gasteiger partial charge in [0.25, 0.3) is 0 Å². The first kappa shape index (κ1) is 21.2. The molecule has 0 bridgehead atoms. The van der Waals surface area contributed by atoms with E-state index in [1.807, 2.05) is 56.3 Å². The molecule has 0 spiro atoms. The van der Waals surface area contributed by atoms with E-state index in [1.54, 1.807) is 18.2 Å². The molecule has 3 rings (SSSR count). The number of hydrogen-bond donors (Lipinski definition) is 0. The maximum absolute atomic E-state index is 12.2. The third-order valence-electron chi connectivity index (χ3n) is 4.67. The van der Waals surface area contributed by atoms with Crippen molar-refractivity contribution in [1.29, 1.82) is 0 Å². The molecule has 26 heavy (non-hydrogen) atoms. The Kier molecular flexibility index (Phi) is 6.39. The van der Waals surface area contributed by atoms with Crippen molar-refractivity contribution in [2.75, 3.05) is 0 Å². The van der Waals surface area contributed by atoms with E-state index >= 15 is 0 Å². The van der Waals surface area contributed by atoms with E-state index in [9.17, 15) is 13.0 Å². The summed E-state index contributed by atoms with van der Waals surface area (Å²) in [4.78, 5) is 0. The average Bonchev–Trinajstić information content (AvgIpc) is 2.55. The molecule has 3 unspecified atom stereocenters. The molecular weight excluding hydrogens is 358 g/mol. The van der Waals surface area contributed by atoms with Gasteiger partial charge in [0.1, 0.15) is 14.9 Å². The first-order valence-corrected chi connectivity index (χ1v) is 10.1. The predicted molar refractivity (Wildman–Crippen MR) is 104 cm³/mol. The predicted octanol–water partition coefficient (Wildman–Crippen LogP) is 0.945. The summed E-state index contributed by atoms with van der Waals surface area (Å²) in [5.74, 6) is 0. The Morgan fingerprint density at radius 2 is 1.46 bits per heavy atom. The van der Waals surface area contributed by atoms with Crippen LogP contribution in [0.3, 0.4) is 0 Å². The molecule has 3 atom stereocenters. The molecular formula is C20H20LiO3PS. The fourth-order valence-electron chi connectivity index (χ4n) is 3.13. The zero-order valence-electron chi connectivity index (χ0n) is 15.1. The van der Waals surface area contributed by atoms with Crippen LogP contribution < -0.4 is 18.9 Å². The van der Waals surface area contributed by atoms with E-state index < -0.39 is 20.5 Å². The van der Waals surface area contributed by atoms with Gasteiger partial charge in [0.15, 0.2) is 0 Å². The molecule has 0 amide bonds. The van der Waals surface area contributed by atoms with Crippen molar-refractivity contribution in [1.82, 2.24) is 0 Å². The Bertz CT molecular complexity index is 948. The summed E-state index contributed by atoms with van der Waals surface area (Å²) in [6.07, 6.45) is 5.11. The van der Waals surface area contributed by atoms with Gasteiger partial charge in [-0.1, -0.05) is 77.9 Å². The minimum absolute atomic E-state index is 0. The molecule has 0 aliphatic heterocycles. The molecule has 0 heterocycles. The number of aryl methyl sites for hydroxylation is 2. The van der Waals surface area contributed by atoms with Crippen molar-refractivity contribution >= 4 is 24.9 Å². The molecule has 0 N–H and O–H groups in total. The Hall–Kier alpha value is -1.14. The average molecular weight is 378 g/mol. The Morgan fingerprint density at radius 3 is 1.92 bits per heavy atom. The van der Waals surface area contributed by atoms with Crippen LogP contribution in [0.4, 0.5) is 0 Å². The Labute approximate surface area is 169 Å². The van der Waals surface area contributed by atoms with E-state index in [0.717, 1.165) is 22.3 Å². The number of benzene rings is 2. The monoisotopic (exact) mass is 378 g/mol. The zero-order chi connectivity index (χ0) is 18.2. The fraction of sp³-hybridized carbons (Fsp3) is 0.200. The summed E-state index contributed by atoms with van der Waals surface area (Å²) >= 11 is 0. The molecule has 2 aromatic rings. The Morgan fingerprint density at radius 1 is 0.962 bits per heavy atom. The van der Waals surface area contributed by atoms with Crippen LogP contribution in [-0.2, 0) is 14.9 Å². The largest absolute Gasteiger partial charge is 1.00 e. The second-order valence-electron chi connectivity index (χ2n) is 6.46. The van der Waals surface area contributed by atoms with Gasteiger partial charge in [0, 0.05) is 5.66 Å². The van der Waals surface area contributed by atoms with Crippen LogP contribution in [0.2, 0.25) is 0 Å². The van der Waals surface area contributed by atoms with Crippen molar-refractivity contribution < 1.29 is 31.8 Å². The van der Waals surface area contributed by atoms with Crippen LogP contribution in [0, 0.1) is 13.8 Å². The molecule has 3 nitrogen and oxygen atoms in total. The van der Waals surface area contributed by atoms with Gasteiger partial charge in [0.2, 0.25) is 0 Å². The first-order chi connectivity index (χ1) is 11.7. The molecule has 0 saturated heterocycles. The molecule has 1 aliphatic rings. The summed E-state index contributed by atoms with van der Waals surface area (Å²) in [5.41, 5.74) is 4.00. The third kappa shape index (κ3) is 3.76. The van der Waals surface area contributed by atoms with Crippen molar-refractivity contribution in [3.05, 3.63) is 89.0 Å². The summed E-state index contributed by atoms with van der Waals surface area (Å²) < 4.78 is 35.1. The SMILES string of the molecule is Cc1ccc(C2=CC(P)C(c3ccc(C)cc3)(S(=O)(=O)[O-])C=C2)cc1.[Li+]. The van der Waals surface area contributed by atoms with Crippen molar-refractivity contribution in [3.63, 3.8) is 0 Å². The minimum atomic E-state index is -4.62. The van der Waals surface area contributed by atoms with E-state index in [2.05, 4.69) is 9.24 Å². The first-order valence-electron chi connectivity index (χ1n) is 8.00. The van der Waals surface area contributed by atoms with Crippen LogP contribution in [0.5, 0.6) is 0 Å². The van der Waals surface area contributed by atoms with Crippen LogP contribution in [0.15, 0.2) is 66.8 Å². The van der Waals surface area contributed by atoms with Gasteiger partial charge in [-0.05, 0) is 30.5 Å². The van der Waals surface area contributed by atoms with E-state index in [4.69, 9.17) is 0 Å². The zero-order valence-corrected chi connectivity index (χ0v) is 17.1. The fourth-order valence-corrected chi connectivity index (χ4v) is 5.20. The molecule has 6 heteroatoms. The smallest absolute Gasteiger partial charge is 0.747 e. The normalized spacial score (nSPS) is 22.5. The summed E-state index contributed by atoms with van der Waals surface area (Å²) in [7, 11) is -2.09. The van der Waals surface area contributed by atoms with Crippen molar-refractivity contribution in [2.45, 2.75) is 24.3 Å². The summed E-state index contributed by atoms with van der Waals surface area (Å²) in [6.45, 7) is 3.94. The molecule has 1 aliphatic carbocycles. The maximum Gasteiger partial charge on any atom is 1.00 e. The van der Waals surface area contributed by atoms with E-state index in [1.165, 1.54) is 6.08 Å². The van der Waals surface area contributed by atoms with Crippen LogP contribution in [0.1, 0.15) is 22.3 Å². The quantitative estimate of drug-likeness (QED) is 0.454. The summed E-state index contributed by atoms with van der Waals surface area (Å²) in [5, 5.41) is 0. The Balaban J connectivity index is 0.00000243. The van der Waals surface area contributed by atoms with Gasteiger partial charge in [0.05, 0.1) is 0 Å². The standard InChI is InChI=1S/C20H21O3PS.Li/c1-14-3-7-16(8-4-14)17-11-12-20(19(24)13-17,25(21,22)23)18-9-5-15(2)6-10-18;/h3-13,19H,24H2,1-2H3,(H,21,22,23);/q;+1/p-1. The topological polar surface area (TPSA) is 57.2 Å². The summed E-state index contributed by atoms with van der Waals surface area (Å²) in [6, 6.07) is 15.1. The molecule has 2 aromatic carbocycles. The van der Waals surface area contributed by atoms with E-state index in [-0.39, 0.29) is 18.9 Å². The number of hydrogen-bond acceptors (Lipinski definition) is 3. The van der Waals surface area contributed by atoms with Crippen LogP contribution in [0.25, 0.3) is 5.57 Å². The second kappa shape index (κ2) is 7.85. The minimum Gasteiger partial charge on any atom is -0.747 e. The van der Waals surface area contributed by atoms with Gasteiger partial charge < -0.3 is 4.55 Å². The molecule has 0 saturated carbocycles. The van der Waals surface area contributed by atoms with Gasteiger partial charge >= 0.3 is 18.9 Å². The number of allylic oxidation sites excluding steroid dienone is 3. The van der Waals surface area contributed by atoms with Crippen LogP contribution in [-0.4, -0.2) is 18.6 Å². The number of rotatable bonds is 3. The van der Waals surface area contributed by atoms with Gasteiger partial charge in [-0.2, -0.15) is 0 Å². The third-order valence-corrected chi connectivity index (χ3v) is 7.10. The molecule has 0 aromatic heterocycles. The van der Waals surface area contributed by atoms with Gasteiger partial charge in [-0.3, -0.25) is 0 Å². The van der Waals surface area contributed by atoms with Crippen molar-refractivity contribution in [3.8, 4) is 0 Å². The maximum atomic E-state index is 12.2. The molecule has 130 valence electrons. The van der Waals surface area contributed by atoms with Gasteiger partial charge in [-0.25, -0.2) is 8.42 Å².